The maximum absolute atomic E-state index is 13.2. The highest BCUT2D eigenvalue weighted by atomic mass is 35.5. The second-order valence-electron chi connectivity index (χ2n) is 6.59. The Morgan fingerprint density at radius 3 is 2.53 bits per heavy atom. The molecule has 11 heteroatoms. The maximum Gasteiger partial charge on any atom is 0.240 e. The van der Waals surface area contributed by atoms with Crippen LogP contribution < -0.4 is 14.9 Å². The van der Waals surface area contributed by atoms with E-state index in [2.05, 4.69) is 10.0 Å². The molecule has 1 aliphatic rings. The zero-order valence-electron chi connectivity index (χ0n) is 15.6. The average molecular weight is 458 g/mol. The molecule has 3 rings (SSSR count). The van der Waals surface area contributed by atoms with Crippen molar-refractivity contribution in [2.75, 3.05) is 23.3 Å². The fourth-order valence-electron chi connectivity index (χ4n) is 2.96. The van der Waals surface area contributed by atoms with Gasteiger partial charge in [-0.3, -0.25) is 9.59 Å². The van der Waals surface area contributed by atoms with Gasteiger partial charge in [0, 0.05) is 31.6 Å². The Bertz CT molecular complexity index is 1100. The molecule has 1 aliphatic heterocycles. The van der Waals surface area contributed by atoms with Gasteiger partial charge >= 0.3 is 0 Å². The van der Waals surface area contributed by atoms with E-state index in [1.54, 1.807) is 17.0 Å². The summed E-state index contributed by atoms with van der Waals surface area (Å²) in [6.07, 6.45) is 1.02. The first-order valence-electron chi connectivity index (χ1n) is 9.02. The molecule has 2 aromatic carbocycles. The van der Waals surface area contributed by atoms with Crippen LogP contribution in [0.15, 0.2) is 41.3 Å². The Morgan fingerprint density at radius 2 is 1.90 bits per heavy atom. The van der Waals surface area contributed by atoms with E-state index in [0.29, 0.717) is 41.5 Å². The fraction of sp³-hybridized carbons (Fsp3) is 0.263. The van der Waals surface area contributed by atoms with Gasteiger partial charge in [-0.2, -0.15) is 0 Å². The van der Waals surface area contributed by atoms with Gasteiger partial charge in [0.05, 0.1) is 15.6 Å². The van der Waals surface area contributed by atoms with E-state index < -0.39 is 32.5 Å². The third-order valence-corrected chi connectivity index (χ3v) is 6.20. The number of amides is 2. The molecular formula is C19H18ClF2N3O4S. The van der Waals surface area contributed by atoms with Crippen LogP contribution in [0.2, 0.25) is 5.02 Å². The molecule has 1 fully saturated rings. The molecule has 1 saturated heterocycles. The normalized spacial score (nSPS) is 14.2. The SMILES string of the molecule is O=C(CCNS(=O)(=O)c1ccc(F)c(F)c1)Nc1ccc(N2CCCC2=O)c(Cl)c1. The van der Waals surface area contributed by atoms with Crippen LogP contribution in [0.3, 0.4) is 0 Å². The second-order valence-corrected chi connectivity index (χ2v) is 8.76. The van der Waals surface area contributed by atoms with Gasteiger partial charge in [-0.1, -0.05) is 11.6 Å². The first kappa shape index (κ1) is 22.1. The number of nitrogens with one attached hydrogen (secondary N) is 2. The topological polar surface area (TPSA) is 95.6 Å². The lowest BCUT2D eigenvalue weighted by Gasteiger charge is -2.18. The summed E-state index contributed by atoms with van der Waals surface area (Å²) >= 11 is 6.22. The van der Waals surface area contributed by atoms with E-state index >= 15 is 0 Å². The van der Waals surface area contributed by atoms with Crippen LogP contribution in [0.4, 0.5) is 20.2 Å². The molecule has 1 heterocycles. The largest absolute Gasteiger partial charge is 0.326 e. The van der Waals surface area contributed by atoms with Crippen LogP contribution >= 0.6 is 11.6 Å². The highest BCUT2D eigenvalue weighted by Gasteiger charge is 2.23. The highest BCUT2D eigenvalue weighted by Crippen LogP contribution is 2.31. The lowest BCUT2D eigenvalue weighted by molar-refractivity contribution is -0.117. The van der Waals surface area contributed by atoms with Gasteiger partial charge in [0.2, 0.25) is 21.8 Å². The summed E-state index contributed by atoms with van der Waals surface area (Å²) in [5, 5.41) is 2.89. The lowest BCUT2D eigenvalue weighted by Crippen LogP contribution is -2.28. The van der Waals surface area contributed by atoms with Crippen LogP contribution in [-0.2, 0) is 19.6 Å². The van der Waals surface area contributed by atoms with Crippen LogP contribution in [-0.4, -0.2) is 33.3 Å². The van der Waals surface area contributed by atoms with Crippen molar-refractivity contribution in [1.82, 2.24) is 4.72 Å². The molecule has 0 radical (unpaired) electrons. The average Bonchev–Trinajstić information content (AvgIpc) is 3.09. The van der Waals surface area contributed by atoms with Gasteiger partial charge in [-0.15, -0.1) is 0 Å². The quantitative estimate of drug-likeness (QED) is 0.668. The van der Waals surface area contributed by atoms with E-state index in [1.807, 2.05) is 0 Å². The molecular weight excluding hydrogens is 440 g/mol. The maximum atomic E-state index is 13.2. The Kier molecular flexibility index (Phi) is 6.69. The Labute approximate surface area is 177 Å². The first-order chi connectivity index (χ1) is 14.2. The summed E-state index contributed by atoms with van der Waals surface area (Å²) < 4.78 is 52.5. The third-order valence-electron chi connectivity index (χ3n) is 4.44. The number of rotatable bonds is 7. The number of hydrogen-bond acceptors (Lipinski definition) is 4. The standard InChI is InChI=1S/C19H18ClF2N3O4S/c20-14-10-12(3-6-17(14)25-9-1-2-19(25)27)24-18(26)7-8-23-30(28,29)13-4-5-15(21)16(22)11-13/h3-6,10-11,23H,1-2,7-9H2,(H,24,26). The predicted molar refractivity (Wildman–Crippen MR) is 108 cm³/mol. The molecule has 0 saturated carbocycles. The molecule has 2 amide bonds. The molecule has 30 heavy (non-hydrogen) atoms. The molecule has 0 atom stereocenters. The van der Waals surface area contributed by atoms with Gasteiger partial charge in [-0.05, 0) is 42.8 Å². The number of anilines is 2. The van der Waals surface area contributed by atoms with E-state index in [9.17, 15) is 26.8 Å². The van der Waals surface area contributed by atoms with Gasteiger partial charge in [-0.25, -0.2) is 21.9 Å². The molecule has 0 unspecified atom stereocenters. The minimum atomic E-state index is -4.09. The molecule has 0 aromatic heterocycles. The number of nitrogens with zero attached hydrogens (tertiary/aromatic N) is 1. The van der Waals surface area contributed by atoms with Crippen molar-refractivity contribution in [3.05, 3.63) is 53.1 Å². The Hall–Kier alpha value is -2.56. The van der Waals surface area contributed by atoms with Crippen LogP contribution in [0.1, 0.15) is 19.3 Å². The van der Waals surface area contributed by atoms with Crippen molar-refractivity contribution in [1.29, 1.82) is 0 Å². The summed E-state index contributed by atoms with van der Waals surface area (Å²) in [7, 11) is -4.09. The highest BCUT2D eigenvalue weighted by molar-refractivity contribution is 7.89. The van der Waals surface area contributed by atoms with E-state index in [0.717, 1.165) is 12.5 Å². The van der Waals surface area contributed by atoms with Crippen LogP contribution in [0.5, 0.6) is 0 Å². The van der Waals surface area contributed by atoms with Gasteiger partial charge < -0.3 is 10.2 Å². The number of halogens is 3. The smallest absolute Gasteiger partial charge is 0.240 e. The Morgan fingerprint density at radius 1 is 1.13 bits per heavy atom. The Balaban J connectivity index is 1.55. The monoisotopic (exact) mass is 457 g/mol. The van der Waals surface area contributed by atoms with Crippen molar-refractivity contribution < 1.29 is 26.8 Å². The fourth-order valence-corrected chi connectivity index (χ4v) is 4.28. The zero-order valence-corrected chi connectivity index (χ0v) is 17.2. The first-order valence-corrected chi connectivity index (χ1v) is 10.9. The minimum Gasteiger partial charge on any atom is -0.326 e. The number of hydrogen-bond donors (Lipinski definition) is 2. The van der Waals surface area contributed by atoms with Crippen LogP contribution in [0.25, 0.3) is 0 Å². The van der Waals surface area contributed by atoms with Crippen molar-refractivity contribution in [3.63, 3.8) is 0 Å². The molecule has 0 spiro atoms. The predicted octanol–water partition coefficient (Wildman–Crippen LogP) is 3.05. The van der Waals surface area contributed by atoms with Crippen molar-refractivity contribution in [3.8, 4) is 0 Å². The summed E-state index contributed by atoms with van der Waals surface area (Å²) in [4.78, 5) is 25.0. The van der Waals surface area contributed by atoms with Crippen molar-refractivity contribution in [2.45, 2.75) is 24.2 Å². The van der Waals surface area contributed by atoms with E-state index in [-0.39, 0.29) is 18.9 Å². The van der Waals surface area contributed by atoms with E-state index in [1.165, 1.54) is 6.07 Å². The molecule has 2 aromatic rings. The van der Waals surface area contributed by atoms with Crippen LogP contribution in [0, 0.1) is 11.6 Å². The van der Waals surface area contributed by atoms with Gasteiger partial charge in [0.1, 0.15) is 0 Å². The molecule has 2 N–H and O–H groups in total. The summed E-state index contributed by atoms with van der Waals surface area (Å²) in [6.45, 7) is 0.337. The minimum absolute atomic E-state index is 0.0120. The van der Waals surface area contributed by atoms with Crippen molar-refractivity contribution >= 4 is 44.8 Å². The third kappa shape index (κ3) is 5.13. The number of carbonyl (C=O) groups is 2. The molecule has 0 aliphatic carbocycles. The number of benzene rings is 2. The zero-order chi connectivity index (χ0) is 21.9. The summed E-state index contributed by atoms with van der Waals surface area (Å²) in [5.74, 6) is -2.94. The van der Waals surface area contributed by atoms with Gasteiger partial charge in [0.15, 0.2) is 11.6 Å². The lowest BCUT2D eigenvalue weighted by atomic mass is 10.2. The summed E-state index contributed by atoms with van der Waals surface area (Å²) in [5.41, 5.74) is 0.959. The molecule has 7 nitrogen and oxygen atoms in total. The van der Waals surface area contributed by atoms with Crippen molar-refractivity contribution in [2.24, 2.45) is 0 Å². The molecule has 160 valence electrons. The molecule has 0 bridgehead atoms. The second kappa shape index (κ2) is 9.07. The summed E-state index contributed by atoms with van der Waals surface area (Å²) in [6, 6.07) is 6.93. The van der Waals surface area contributed by atoms with E-state index in [4.69, 9.17) is 11.6 Å². The number of sulfonamides is 1. The van der Waals surface area contributed by atoms with Gasteiger partial charge in [0.25, 0.3) is 0 Å². The number of carbonyl (C=O) groups excluding carboxylic acids is 2.